The van der Waals surface area contributed by atoms with E-state index in [0.29, 0.717) is 5.41 Å². The van der Waals surface area contributed by atoms with Crippen molar-refractivity contribution in [1.82, 2.24) is 0 Å². The molecule has 0 aliphatic heterocycles. The average molecular weight is 204 g/mol. The predicted molar refractivity (Wildman–Crippen MR) is 66.7 cm³/mol. The van der Waals surface area contributed by atoms with Crippen LogP contribution >= 0.6 is 0 Å². The highest BCUT2D eigenvalue weighted by molar-refractivity contribution is 5.17. The van der Waals surface area contributed by atoms with Crippen LogP contribution in [0.2, 0.25) is 0 Å². The monoisotopic (exact) mass is 204 g/mol. The molecule has 0 amide bonds. The van der Waals surface area contributed by atoms with Gasteiger partial charge in [0.25, 0.3) is 0 Å². The second-order valence-electron chi connectivity index (χ2n) is 5.87. The average Bonchev–Trinajstić information content (AvgIpc) is 2.50. The quantitative estimate of drug-likeness (QED) is 0.542. The van der Waals surface area contributed by atoms with Crippen LogP contribution in [-0.2, 0) is 0 Å². The van der Waals surface area contributed by atoms with Crippen molar-refractivity contribution in [3.05, 3.63) is 23.8 Å². The standard InChI is InChI=1S/C15H24/c1-11(2)14-6-5-13(4)15(14)9-7-12(3)8-10-15/h7,13-14H,1,5-6,8-10H2,2-4H3/t13-,14+,15+/m0/s1. The van der Waals surface area contributed by atoms with Gasteiger partial charge in [-0.15, -0.1) is 0 Å². The van der Waals surface area contributed by atoms with Crippen molar-refractivity contribution < 1.29 is 0 Å². The lowest BCUT2D eigenvalue weighted by Crippen LogP contribution is -2.33. The van der Waals surface area contributed by atoms with Gasteiger partial charge in [0.1, 0.15) is 0 Å². The molecule has 2 rings (SSSR count). The Bertz CT molecular complexity index is 297. The van der Waals surface area contributed by atoms with Gasteiger partial charge in [-0.25, -0.2) is 0 Å². The van der Waals surface area contributed by atoms with Gasteiger partial charge in [0.05, 0.1) is 0 Å². The summed E-state index contributed by atoms with van der Waals surface area (Å²) in [5.41, 5.74) is 3.60. The number of hydrogen-bond donors (Lipinski definition) is 0. The van der Waals surface area contributed by atoms with Gasteiger partial charge in [0.15, 0.2) is 0 Å². The molecule has 0 heterocycles. The van der Waals surface area contributed by atoms with Crippen molar-refractivity contribution in [2.24, 2.45) is 17.3 Å². The maximum Gasteiger partial charge on any atom is -0.0146 e. The van der Waals surface area contributed by atoms with Crippen LogP contribution < -0.4 is 0 Å². The van der Waals surface area contributed by atoms with Crippen molar-refractivity contribution in [3.63, 3.8) is 0 Å². The first-order valence-corrected chi connectivity index (χ1v) is 6.37. The Morgan fingerprint density at radius 1 is 1.47 bits per heavy atom. The molecule has 0 radical (unpaired) electrons. The van der Waals surface area contributed by atoms with Crippen molar-refractivity contribution >= 4 is 0 Å². The van der Waals surface area contributed by atoms with Crippen LogP contribution in [0, 0.1) is 17.3 Å². The number of rotatable bonds is 1. The Morgan fingerprint density at radius 3 is 2.73 bits per heavy atom. The van der Waals surface area contributed by atoms with Crippen LogP contribution in [0.4, 0.5) is 0 Å². The summed E-state index contributed by atoms with van der Waals surface area (Å²) in [6.45, 7) is 11.2. The highest BCUT2D eigenvalue weighted by atomic mass is 14.5. The molecule has 0 unspecified atom stereocenters. The van der Waals surface area contributed by atoms with Crippen molar-refractivity contribution in [3.8, 4) is 0 Å². The van der Waals surface area contributed by atoms with Gasteiger partial charge >= 0.3 is 0 Å². The highest BCUT2D eigenvalue weighted by Crippen LogP contribution is 2.57. The number of hydrogen-bond acceptors (Lipinski definition) is 0. The molecule has 2 aliphatic rings. The van der Waals surface area contributed by atoms with Crippen molar-refractivity contribution in [2.45, 2.75) is 52.9 Å². The smallest absolute Gasteiger partial charge is 0.0146 e. The van der Waals surface area contributed by atoms with E-state index in [4.69, 9.17) is 0 Å². The molecule has 15 heavy (non-hydrogen) atoms. The Morgan fingerprint density at radius 2 is 2.20 bits per heavy atom. The fourth-order valence-electron chi connectivity index (χ4n) is 3.83. The summed E-state index contributed by atoms with van der Waals surface area (Å²) in [5, 5.41) is 0. The molecule has 0 bridgehead atoms. The Balaban J connectivity index is 2.27. The second-order valence-corrected chi connectivity index (χ2v) is 5.87. The molecule has 0 nitrogen and oxygen atoms in total. The minimum absolute atomic E-state index is 0.575. The third kappa shape index (κ3) is 1.68. The van der Waals surface area contributed by atoms with Crippen LogP contribution in [0.3, 0.4) is 0 Å². The molecule has 84 valence electrons. The number of allylic oxidation sites excluding steroid dienone is 3. The van der Waals surface area contributed by atoms with E-state index in [1.54, 1.807) is 5.57 Å². The van der Waals surface area contributed by atoms with Crippen LogP contribution in [0.1, 0.15) is 52.9 Å². The zero-order valence-corrected chi connectivity index (χ0v) is 10.5. The summed E-state index contributed by atoms with van der Waals surface area (Å²) in [5.74, 6) is 1.68. The molecule has 0 saturated heterocycles. The van der Waals surface area contributed by atoms with Gasteiger partial charge in [-0.3, -0.25) is 0 Å². The van der Waals surface area contributed by atoms with E-state index in [1.165, 1.54) is 37.7 Å². The summed E-state index contributed by atoms with van der Waals surface area (Å²) < 4.78 is 0. The molecule has 0 aromatic rings. The maximum atomic E-state index is 4.22. The van der Waals surface area contributed by atoms with Gasteiger partial charge in [-0.2, -0.15) is 0 Å². The Kier molecular flexibility index (Phi) is 2.79. The molecule has 0 aromatic heterocycles. The van der Waals surface area contributed by atoms with Crippen LogP contribution in [0.15, 0.2) is 23.8 Å². The Labute approximate surface area is 94.5 Å². The van der Waals surface area contributed by atoms with E-state index in [1.807, 2.05) is 0 Å². The van der Waals surface area contributed by atoms with Crippen molar-refractivity contribution in [1.29, 1.82) is 0 Å². The van der Waals surface area contributed by atoms with Crippen LogP contribution in [0.5, 0.6) is 0 Å². The SMILES string of the molecule is C=C(C)[C@H]1CC[C@H](C)[C@]12CC=C(C)CC2. The van der Waals surface area contributed by atoms with Crippen LogP contribution in [0.25, 0.3) is 0 Å². The zero-order valence-electron chi connectivity index (χ0n) is 10.5. The van der Waals surface area contributed by atoms with Crippen LogP contribution in [-0.4, -0.2) is 0 Å². The molecular weight excluding hydrogens is 180 g/mol. The normalized spacial score (nSPS) is 40.6. The molecule has 1 spiro atoms. The molecule has 1 fully saturated rings. The lowest BCUT2D eigenvalue weighted by molar-refractivity contribution is 0.142. The van der Waals surface area contributed by atoms with E-state index in [-0.39, 0.29) is 0 Å². The first-order valence-electron chi connectivity index (χ1n) is 6.37. The molecular formula is C15H24. The Hall–Kier alpha value is -0.520. The summed E-state index contributed by atoms with van der Waals surface area (Å²) in [7, 11) is 0. The summed E-state index contributed by atoms with van der Waals surface area (Å²) in [4.78, 5) is 0. The minimum atomic E-state index is 0.575. The maximum absolute atomic E-state index is 4.22. The lowest BCUT2D eigenvalue weighted by Gasteiger charge is -2.42. The first kappa shape index (κ1) is 11.0. The topological polar surface area (TPSA) is 0 Å². The largest absolute Gasteiger partial charge is 0.0998 e. The lowest BCUT2D eigenvalue weighted by atomic mass is 9.63. The fraction of sp³-hybridized carbons (Fsp3) is 0.733. The van der Waals surface area contributed by atoms with E-state index < -0.39 is 0 Å². The molecule has 1 saturated carbocycles. The third-order valence-corrected chi connectivity index (χ3v) is 4.97. The zero-order chi connectivity index (χ0) is 11.1. The van der Waals surface area contributed by atoms with Crippen molar-refractivity contribution in [2.75, 3.05) is 0 Å². The summed E-state index contributed by atoms with van der Waals surface area (Å²) in [6, 6.07) is 0. The van der Waals surface area contributed by atoms with E-state index in [0.717, 1.165) is 11.8 Å². The van der Waals surface area contributed by atoms with E-state index >= 15 is 0 Å². The van der Waals surface area contributed by atoms with Gasteiger partial charge in [-0.1, -0.05) is 30.7 Å². The van der Waals surface area contributed by atoms with Gasteiger partial charge in [0.2, 0.25) is 0 Å². The van der Waals surface area contributed by atoms with Gasteiger partial charge < -0.3 is 0 Å². The summed E-state index contributed by atoms with van der Waals surface area (Å²) in [6.07, 6.45) is 9.29. The van der Waals surface area contributed by atoms with E-state index in [9.17, 15) is 0 Å². The third-order valence-electron chi connectivity index (χ3n) is 4.97. The molecule has 2 aliphatic carbocycles. The summed E-state index contributed by atoms with van der Waals surface area (Å²) >= 11 is 0. The highest BCUT2D eigenvalue weighted by Gasteiger charge is 2.47. The molecule has 0 heteroatoms. The van der Waals surface area contributed by atoms with E-state index in [2.05, 4.69) is 33.4 Å². The second kappa shape index (κ2) is 3.81. The van der Waals surface area contributed by atoms with Gasteiger partial charge in [-0.05, 0) is 63.2 Å². The fourth-order valence-corrected chi connectivity index (χ4v) is 3.83. The van der Waals surface area contributed by atoms with Gasteiger partial charge in [0, 0.05) is 0 Å². The molecule has 3 atom stereocenters. The minimum Gasteiger partial charge on any atom is -0.0998 e. The molecule has 0 N–H and O–H groups in total. The predicted octanol–water partition coefficient (Wildman–Crippen LogP) is 4.73. The first-order chi connectivity index (χ1) is 7.06. The molecule has 0 aromatic carbocycles.